The molecule has 0 fully saturated rings. The standard InChI is InChI=1S/C24H24Cl2N2O3S2/c1-18-3-2-4-22(15-18)28(33(30,31)23-11-9-21(26)10-12-23)16-24(29)27-13-14-32-17-19-5-7-20(25)8-6-19/h2-12,15H,13-14,16-17H2,1H3,(H,27,29). The van der Waals surface area contributed by atoms with Crippen LogP contribution >= 0.6 is 35.0 Å². The molecule has 33 heavy (non-hydrogen) atoms. The second-order valence-corrected chi connectivity index (χ2v) is 11.2. The summed E-state index contributed by atoms with van der Waals surface area (Å²) in [5.74, 6) is 1.12. The number of benzene rings is 3. The zero-order valence-corrected chi connectivity index (χ0v) is 21.1. The molecule has 0 atom stereocenters. The summed E-state index contributed by atoms with van der Waals surface area (Å²) < 4.78 is 27.8. The van der Waals surface area contributed by atoms with Crippen LogP contribution in [0.5, 0.6) is 0 Å². The number of halogens is 2. The van der Waals surface area contributed by atoms with Crippen LogP contribution in [0.1, 0.15) is 11.1 Å². The molecule has 3 rings (SSSR count). The first kappa shape index (κ1) is 25.4. The van der Waals surface area contributed by atoms with Crippen molar-refractivity contribution in [1.29, 1.82) is 0 Å². The summed E-state index contributed by atoms with van der Waals surface area (Å²) in [7, 11) is -3.96. The van der Waals surface area contributed by atoms with Crippen LogP contribution in [-0.2, 0) is 20.6 Å². The van der Waals surface area contributed by atoms with Crippen molar-refractivity contribution in [3.63, 3.8) is 0 Å². The molecular formula is C24H24Cl2N2O3S2. The van der Waals surface area contributed by atoms with Crippen LogP contribution < -0.4 is 9.62 Å². The molecule has 0 bridgehead atoms. The summed E-state index contributed by atoms with van der Waals surface area (Å²) in [4.78, 5) is 12.7. The van der Waals surface area contributed by atoms with Gasteiger partial charge in [-0.25, -0.2) is 8.42 Å². The molecule has 174 valence electrons. The summed E-state index contributed by atoms with van der Waals surface area (Å²) >= 11 is 13.5. The van der Waals surface area contributed by atoms with Crippen molar-refractivity contribution in [2.45, 2.75) is 17.6 Å². The highest BCUT2D eigenvalue weighted by atomic mass is 35.5. The number of carbonyl (C=O) groups excluding carboxylic acids is 1. The van der Waals surface area contributed by atoms with Crippen LogP contribution in [0.15, 0.2) is 77.7 Å². The average molecular weight is 524 g/mol. The fourth-order valence-electron chi connectivity index (χ4n) is 3.05. The number of sulfonamides is 1. The summed E-state index contributed by atoms with van der Waals surface area (Å²) in [6.45, 7) is 1.98. The predicted octanol–water partition coefficient (Wildman–Crippen LogP) is 5.55. The molecule has 9 heteroatoms. The summed E-state index contributed by atoms with van der Waals surface area (Å²) in [5, 5.41) is 3.95. The number of carbonyl (C=O) groups is 1. The minimum absolute atomic E-state index is 0.0692. The van der Waals surface area contributed by atoms with Crippen LogP contribution in [0.2, 0.25) is 10.0 Å². The third-order valence-electron chi connectivity index (χ3n) is 4.73. The van der Waals surface area contributed by atoms with E-state index in [1.807, 2.05) is 37.3 Å². The molecule has 0 aliphatic rings. The van der Waals surface area contributed by atoms with E-state index in [2.05, 4.69) is 5.32 Å². The molecule has 1 amide bonds. The van der Waals surface area contributed by atoms with Crippen molar-refractivity contribution >= 4 is 56.6 Å². The van der Waals surface area contributed by atoms with Gasteiger partial charge in [-0.05, 0) is 66.6 Å². The van der Waals surface area contributed by atoms with Crippen LogP contribution in [0.4, 0.5) is 5.69 Å². The Morgan fingerprint density at radius 1 is 0.970 bits per heavy atom. The Bertz CT molecular complexity index is 1190. The Hall–Kier alpha value is -2.19. The Labute approximate surface area is 209 Å². The smallest absolute Gasteiger partial charge is 0.264 e. The van der Waals surface area contributed by atoms with Gasteiger partial charge < -0.3 is 5.32 Å². The molecule has 1 N–H and O–H groups in total. The number of anilines is 1. The minimum Gasteiger partial charge on any atom is -0.354 e. The third-order valence-corrected chi connectivity index (χ3v) is 8.05. The molecule has 0 radical (unpaired) electrons. The van der Waals surface area contributed by atoms with Crippen molar-refractivity contribution in [2.75, 3.05) is 23.1 Å². The fourth-order valence-corrected chi connectivity index (χ4v) is 5.54. The first-order valence-electron chi connectivity index (χ1n) is 10.2. The molecule has 0 heterocycles. The van der Waals surface area contributed by atoms with Gasteiger partial charge >= 0.3 is 0 Å². The van der Waals surface area contributed by atoms with Crippen molar-refractivity contribution in [3.05, 3.63) is 94.0 Å². The SMILES string of the molecule is Cc1cccc(N(CC(=O)NCCSCc2ccc(Cl)cc2)S(=O)(=O)c2ccc(Cl)cc2)c1. The Kier molecular flexibility index (Phi) is 9.09. The molecule has 3 aromatic carbocycles. The largest absolute Gasteiger partial charge is 0.354 e. The van der Waals surface area contributed by atoms with Gasteiger partial charge in [-0.1, -0.05) is 47.5 Å². The van der Waals surface area contributed by atoms with Crippen molar-refractivity contribution in [2.24, 2.45) is 0 Å². The molecule has 0 aromatic heterocycles. The molecule has 0 saturated heterocycles. The molecule has 0 unspecified atom stereocenters. The molecular weight excluding hydrogens is 499 g/mol. The highest BCUT2D eigenvalue weighted by Gasteiger charge is 2.27. The molecule has 0 saturated carbocycles. The topological polar surface area (TPSA) is 66.5 Å². The summed E-state index contributed by atoms with van der Waals surface area (Å²) in [6.07, 6.45) is 0. The summed E-state index contributed by atoms with van der Waals surface area (Å²) in [6, 6.07) is 20.6. The fraction of sp³-hybridized carbons (Fsp3) is 0.208. The average Bonchev–Trinajstić information content (AvgIpc) is 2.78. The number of hydrogen-bond donors (Lipinski definition) is 1. The van der Waals surface area contributed by atoms with E-state index < -0.39 is 10.0 Å². The van der Waals surface area contributed by atoms with Gasteiger partial charge in [-0.15, -0.1) is 0 Å². The van der Waals surface area contributed by atoms with Crippen LogP contribution in [0, 0.1) is 6.92 Å². The van der Waals surface area contributed by atoms with Gasteiger partial charge in [-0.3, -0.25) is 9.10 Å². The molecule has 5 nitrogen and oxygen atoms in total. The van der Waals surface area contributed by atoms with E-state index in [-0.39, 0.29) is 17.3 Å². The lowest BCUT2D eigenvalue weighted by molar-refractivity contribution is -0.119. The highest BCUT2D eigenvalue weighted by molar-refractivity contribution is 7.98. The Morgan fingerprint density at radius 2 is 1.61 bits per heavy atom. The van der Waals surface area contributed by atoms with Crippen molar-refractivity contribution in [3.8, 4) is 0 Å². The Balaban J connectivity index is 1.64. The second-order valence-electron chi connectivity index (χ2n) is 7.33. The van der Waals surface area contributed by atoms with Crippen LogP contribution in [0.3, 0.4) is 0 Å². The number of rotatable bonds is 10. The zero-order chi connectivity index (χ0) is 23.8. The quantitative estimate of drug-likeness (QED) is 0.354. The highest BCUT2D eigenvalue weighted by Crippen LogP contribution is 2.25. The van der Waals surface area contributed by atoms with E-state index in [1.54, 1.807) is 30.0 Å². The minimum atomic E-state index is -3.96. The number of aryl methyl sites for hydroxylation is 1. The lowest BCUT2D eigenvalue weighted by atomic mass is 10.2. The number of amides is 1. The zero-order valence-electron chi connectivity index (χ0n) is 18.0. The maximum Gasteiger partial charge on any atom is 0.264 e. The number of thioether (sulfide) groups is 1. The van der Waals surface area contributed by atoms with Crippen LogP contribution in [-0.4, -0.2) is 33.2 Å². The van der Waals surface area contributed by atoms with Gasteiger partial charge in [0.2, 0.25) is 5.91 Å². The lowest BCUT2D eigenvalue weighted by Gasteiger charge is -2.24. The molecule has 0 aliphatic heterocycles. The third kappa shape index (κ3) is 7.40. The van der Waals surface area contributed by atoms with Gasteiger partial charge in [0.15, 0.2) is 0 Å². The van der Waals surface area contributed by atoms with Gasteiger partial charge in [0.1, 0.15) is 6.54 Å². The van der Waals surface area contributed by atoms with E-state index >= 15 is 0 Å². The van der Waals surface area contributed by atoms with E-state index in [4.69, 9.17) is 23.2 Å². The first-order chi connectivity index (χ1) is 15.8. The number of hydrogen-bond acceptors (Lipinski definition) is 4. The van der Waals surface area contributed by atoms with E-state index in [9.17, 15) is 13.2 Å². The molecule has 0 spiro atoms. The number of nitrogens with one attached hydrogen (secondary N) is 1. The maximum atomic E-state index is 13.3. The monoisotopic (exact) mass is 522 g/mol. The van der Waals surface area contributed by atoms with E-state index in [0.717, 1.165) is 21.2 Å². The predicted molar refractivity (Wildman–Crippen MR) is 138 cm³/mol. The number of nitrogens with zero attached hydrogens (tertiary/aromatic N) is 1. The van der Waals surface area contributed by atoms with Gasteiger partial charge in [-0.2, -0.15) is 11.8 Å². The van der Waals surface area contributed by atoms with Crippen molar-refractivity contribution < 1.29 is 13.2 Å². The first-order valence-corrected chi connectivity index (χ1v) is 13.5. The summed E-state index contributed by atoms with van der Waals surface area (Å²) in [5.41, 5.74) is 2.47. The maximum absolute atomic E-state index is 13.3. The Morgan fingerprint density at radius 3 is 2.24 bits per heavy atom. The lowest BCUT2D eigenvalue weighted by Crippen LogP contribution is -2.41. The van der Waals surface area contributed by atoms with Crippen molar-refractivity contribution in [1.82, 2.24) is 5.32 Å². The van der Waals surface area contributed by atoms with E-state index in [0.29, 0.717) is 28.0 Å². The molecule has 3 aromatic rings. The van der Waals surface area contributed by atoms with Gasteiger partial charge in [0.25, 0.3) is 10.0 Å². The molecule has 0 aliphatic carbocycles. The van der Waals surface area contributed by atoms with Crippen LogP contribution in [0.25, 0.3) is 0 Å². The second kappa shape index (κ2) is 11.8. The van der Waals surface area contributed by atoms with Gasteiger partial charge in [0, 0.05) is 28.1 Å². The van der Waals surface area contributed by atoms with Gasteiger partial charge in [0.05, 0.1) is 10.6 Å². The van der Waals surface area contributed by atoms with E-state index in [1.165, 1.54) is 24.3 Å². The normalized spacial score (nSPS) is 11.2.